The van der Waals surface area contributed by atoms with Gasteiger partial charge in [-0.05, 0) is 12.1 Å². The van der Waals surface area contributed by atoms with E-state index in [1.807, 2.05) is 0 Å². The highest BCUT2D eigenvalue weighted by Crippen LogP contribution is 2.10. The molecule has 0 atom stereocenters. The molecule has 1 amide bonds. The molecule has 0 radical (unpaired) electrons. The third-order valence-corrected chi connectivity index (χ3v) is 3.02. The molecule has 0 saturated heterocycles. The summed E-state index contributed by atoms with van der Waals surface area (Å²) >= 11 is 1.07. The number of nitrogens with one attached hydrogen (secondary N) is 3. The fourth-order valence-corrected chi connectivity index (χ4v) is 2.04. The van der Waals surface area contributed by atoms with Gasteiger partial charge in [-0.2, -0.15) is 0 Å². The lowest BCUT2D eigenvalue weighted by molar-refractivity contribution is 0.0951. The molecule has 3 N–H and O–H groups in total. The smallest absolute Gasteiger partial charge is 0.304 e. The SMILES string of the molecule is CNc1ncccc1C(=O)NCc1csc(=O)[nH]1. The van der Waals surface area contributed by atoms with Crippen LogP contribution in [0.25, 0.3) is 0 Å². The van der Waals surface area contributed by atoms with E-state index in [2.05, 4.69) is 20.6 Å². The van der Waals surface area contributed by atoms with E-state index >= 15 is 0 Å². The van der Waals surface area contributed by atoms with Gasteiger partial charge in [-0.3, -0.25) is 9.59 Å². The van der Waals surface area contributed by atoms with Crippen LogP contribution in [0.5, 0.6) is 0 Å². The van der Waals surface area contributed by atoms with Crippen LogP contribution in [0.4, 0.5) is 5.82 Å². The van der Waals surface area contributed by atoms with Crippen LogP contribution >= 0.6 is 11.3 Å². The number of anilines is 1. The van der Waals surface area contributed by atoms with Crippen molar-refractivity contribution in [2.75, 3.05) is 12.4 Å². The highest BCUT2D eigenvalue weighted by molar-refractivity contribution is 7.07. The molecule has 0 bridgehead atoms. The zero-order valence-corrected chi connectivity index (χ0v) is 10.5. The summed E-state index contributed by atoms with van der Waals surface area (Å²) in [6.45, 7) is 0.287. The molecule has 0 aliphatic carbocycles. The van der Waals surface area contributed by atoms with Gasteiger partial charge in [0.05, 0.1) is 12.1 Å². The Labute approximate surface area is 107 Å². The van der Waals surface area contributed by atoms with Crippen molar-refractivity contribution in [1.29, 1.82) is 0 Å². The molecule has 2 aromatic heterocycles. The third kappa shape index (κ3) is 2.75. The molecule has 2 aromatic rings. The fourth-order valence-electron chi connectivity index (χ4n) is 1.46. The monoisotopic (exact) mass is 264 g/mol. The molecule has 2 rings (SSSR count). The van der Waals surface area contributed by atoms with E-state index in [0.717, 1.165) is 11.3 Å². The number of hydrogen-bond acceptors (Lipinski definition) is 5. The van der Waals surface area contributed by atoms with Gasteiger partial charge in [0, 0.05) is 24.3 Å². The average molecular weight is 264 g/mol. The van der Waals surface area contributed by atoms with Crippen LogP contribution in [-0.4, -0.2) is 22.9 Å². The van der Waals surface area contributed by atoms with E-state index in [0.29, 0.717) is 17.1 Å². The molecule has 0 unspecified atom stereocenters. The first kappa shape index (κ1) is 12.3. The molecule has 0 saturated carbocycles. The van der Waals surface area contributed by atoms with E-state index < -0.39 is 0 Å². The predicted molar refractivity (Wildman–Crippen MR) is 69.9 cm³/mol. The molecule has 6 nitrogen and oxygen atoms in total. The summed E-state index contributed by atoms with van der Waals surface area (Å²) in [5.74, 6) is 0.285. The number of nitrogens with zero attached hydrogens (tertiary/aromatic N) is 1. The van der Waals surface area contributed by atoms with Crippen molar-refractivity contribution in [3.05, 3.63) is 44.6 Å². The maximum Gasteiger partial charge on any atom is 0.304 e. The van der Waals surface area contributed by atoms with Crippen molar-refractivity contribution in [3.63, 3.8) is 0 Å². The maximum atomic E-state index is 11.9. The van der Waals surface area contributed by atoms with Gasteiger partial charge in [-0.25, -0.2) is 4.98 Å². The van der Waals surface area contributed by atoms with Crippen molar-refractivity contribution in [3.8, 4) is 0 Å². The van der Waals surface area contributed by atoms with Gasteiger partial charge in [0.1, 0.15) is 5.82 Å². The minimum atomic E-state index is -0.237. The molecule has 18 heavy (non-hydrogen) atoms. The van der Waals surface area contributed by atoms with E-state index in [1.165, 1.54) is 0 Å². The Bertz CT molecular complexity index is 605. The Morgan fingerprint density at radius 1 is 1.56 bits per heavy atom. The number of pyridine rings is 1. The molecule has 0 aliphatic heterocycles. The van der Waals surface area contributed by atoms with Crippen molar-refractivity contribution in [2.45, 2.75) is 6.54 Å². The summed E-state index contributed by atoms with van der Waals surface area (Å²) < 4.78 is 0. The van der Waals surface area contributed by atoms with Gasteiger partial charge in [0.25, 0.3) is 5.91 Å². The van der Waals surface area contributed by atoms with Crippen molar-refractivity contribution >= 4 is 23.1 Å². The summed E-state index contributed by atoms with van der Waals surface area (Å²) in [6, 6.07) is 3.38. The summed E-state index contributed by atoms with van der Waals surface area (Å²) in [5.41, 5.74) is 1.16. The number of thiazole rings is 1. The Balaban J connectivity index is 2.05. The summed E-state index contributed by atoms with van der Waals surface area (Å²) in [7, 11) is 1.70. The second kappa shape index (κ2) is 5.46. The van der Waals surface area contributed by atoms with Crippen LogP contribution in [0.1, 0.15) is 16.1 Å². The maximum absolute atomic E-state index is 11.9. The third-order valence-electron chi connectivity index (χ3n) is 2.30. The fraction of sp³-hybridized carbons (Fsp3) is 0.182. The lowest BCUT2D eigenvalue weighted by atomic mass is 10.2. The summed E-state index contributed by atoms with van der Waals surface area (Å²) in [6.07, 6.45) is 1.61. The molecular weight excluding hydrogens is 252 g/mol. The van der Waals surface area contributed by atoms with Crippen LogP contribution < -0.4 is 15.5 Å². The number of carbonyl (C=O) groups excluding carboxylic acids is 1. The first-order valence-corrected chi connectivity index (χ1v) is 6.16. The normalized spacial score (nSPS) is 10.1. The number of aromatic amines is 1. The molecular formula is C11H12N4O2S. The Morgan fingerprint density at radius 3 is 3.06 bits per heavy atom. The van der Waals surface area contributed by atoms with Crippen LogP contribution in [0.2, 0.25) is 0 Å². The van der Waals surface area contributed by atoms with Crippen LogP contribution in [0.15, 0.2) is 28.5 Å². The lowest BCUT2D eigenvalue weighted by Crippen LogP contribution is -2.24. The summed E-state index contributed by atoms with van der Waals surface area (Å²) in [5, 5.41) is 7.26. The second-order valence-electron chi connectivity index (χ2n) is 3.51. The topological polar surface area (TPSA) is 86.9 Å². The van der Waals surface area contributed by atoms with Gasteiger partial charge < -0.3 is 15.6 Å². The van der Waals surface area contributed by atoms with Crippen LogP contribution in [0, 0.1) is 0 Å². The van der Waals surface area contributed by atoms with Crippen molar-refractivity contribution in [2.24, 2.45) is 0 Å². The number of hydrogen-bond donors (Lipinski definition) is 3. The van der Waals surface area contributed by atoms with E-state index in [1.54, 1.807) is 30.8 Å². The van der Waals surface area contributed by atoms with Gasteiger partial charge in [0.2, 0.25) is 0 Å². The molecule has 94 valence electrons. The Hall–Kier alpha value is -2.15. The average Bonchev–Trinajstić information content (AvgIpc) is 2.81. The first-order valence-electron chi connectivity index (χ1n) is 5.28. The van der Waals surface area contributed by atoms with E-state index in [9.17, 15) is 9.59 Å². The number of H-pyrrole nitrogens is 1. The van der Waals surface area contributed by atoms with Gasteiger partial charge in [0.15, 0.2) is 0 Å². The van der Waals surface area contributed by atoms with Gasteiger partial charge in [-0.1, -0.05) is 11.3 Å². The van der Waals surface area contributed by atoms with Crippen LogP contribution in [-0.2, 0) is 6.54 Å². The first-order chi connectivity index (χ1) is 8.70. The Morgan fingerprint density at radius 2 is 2.39 bits per heavy atom. The zero-order chi connectivity index (χ0) is 13.0. The van der Waals surface area contributed by atoms with E-state index in [4.69, 9.17) is 0 Å². The number of carbonyl (C=O) groups is 1. The zero-order valence-electron chi connectivity index (χ0n) is 9.69. The molecule has 0 aromatic carbocycles. The Kier molecular flexibility index (Phi) is 3.73. The minimum absolute atomic E-state index is 0.128. The lowest BCUT2D eigenvalue weighted by Gasteiger charge is -2.07. The van der Waals surface area contributed by atoms with Crippen molar-refractivity contribution < 1.29 is 4.79 Å². The predicted octanol–water partition coefficient (Wildman–Crippen LogP) is 0.803. The van der Waals surface area contributed by atoms with Crippen molar-refractivity contribution in [1.82, 2.24) is 15.3 Å². The molecule has 0 aliphatic rings. The molecule has 0 spiro atoms. The highest BCUT2D eigenvalue weighted by Gasteiger charge is 2.10. The summed E-state index contributed by atoms with van der Waals surface area (Å²) in [4.78, 5) is 29.4. The highest BCUT2D eigenvalue weighted by atomic mass is 32.1. The minimum Gasteiger partial charge on any atom is -0.372 e. The quantitative estimate of drug-likeness (QED) is 0.762. The van der Waals surface area contributed by atoms with Gasteiger partial charge >= 0.3 is 4.87 Å². The number of amides is 1. The van der Waals surface area contributed by atoms with Crippen LogP contribution in [0.3, 0.4) is 0 Å². The van der Waals surface area contributed by atoms with E-state index in [-0.39, 0.29) is 17.3 Å². The van der Waals surface area contributed by atoms with Gasteiger partial charge in [-0.15, -0.1) is 0 Å². The molecule has 2 heterocycles. The standard InChI is InChI=1S/C11H12N4O2S/c1-12-9-8(3-2-4-13-9)10(16)14-5-7-6-18-11(17)15-7/h2-4,6H,5H2,1H3,(H,12,13)(H,14,16)(H,15,17). The number of rotatable bonds is 4. The second-order valence-corrected chi connectivity index (χ2v) is 4.35. The number of aromatic nitrogens is 2. The molecule has 0 fully saturated rings. The molecule has 7 heteroatoms. The largest absolute Gasteiger partial charge is 0.372 e.